The van der Waals surface area contributed by atoms with Crippen LogP contribution in [0.2, 0.25) is 0 Å². The molecular weight excluding hydrogens is 290 g/mol. The maximum atomic E-state index is 4.66. The normalized spacial score (nSPS) is 15.0. The van der Waals surface area contributed by atoms with Crippen LogP contribution < -0.4 is 14.7 Å². The van der Waals surface area contributed by atoms with Gasteiger partial charge in [-0.2, -0.15) is 10.1 Å². The van der Waals surface area contributed by atoms with E-state index >= 15 is 0 Å². The Hall–Kier alpha value is -2.44. The third kappa shape index (κ3) is 3.49. The summed E-state index contributed by atoms with van der Waals surface area (Å²) in [6.07, 6.45) is 0. The summed E-state index contributed by atoms with van der Waals surface area (Å²) >= 11 is 0. The molecule has 0 bridgehead atoms. The van der Waals surface area contributed by atoms with Crippen molar-refractivity contribution < 1.29 is 0 Å². The molecule has 3 heterocycles. The molecule has 0 radical (unpaired) electrons. The van der Waals surface area contributed by atoms with Crippen LogP contribution >= 0.6 is 0 Å². The highest BCUT2D eigenvalue weighted by atomic mass is 15.4. The van der Waals surface area contributed by atoms with E-state index in [4.69, 9.17) is 0 Å². The van der Waals surface area contributed by atoms with Gasteiger partial charge in [0.2, 0.25) is 5.95 Å². The highest BCUT2D eigenvalue weighted by molar-refractivity contribution is 5.47. The Bertz CT molecular complexity index is 661. The average molecular weight is 313 g/mol. The first kappa shape index (κ1) is 15.5. The van der Waals surface area contributed by atoms with Crippen molar-refractivity contribution in [3.8, 4) is 0 Å². The second kappa shape index (κ2) is 6.36. The van der Waals surface area contributed by atoms with Crippen LogP contribution in [0.15, 0.2) is 18.2 Å². The van der Waals surface area contributed by atoms with Crippen molar-refractivity contribution in [2.75, 3.05) is 55.0 Å². The van der Waals surface area contributed by atoms with Crippen LogP contribution in [0.25, 0.3) is 0 Å². The quantitative estimate of drug-likeness (QED) is 0.846. The third-order valence-electron chi connectivity index (χ3n) is 3.96. The molecule has 122 valence electrons. The molecule has 1 fully saturated rings. The minimum absolute atomic E-state index is 0.809. The van der Waals surface area contributed by atoms with Crippen molar-refractivity contribution in [3.05, 3.63) is 29.6 Å². The van der Waals surface area contributed by atoms with Gasteiger partial charge >= 0.3 is 0 Å². The molecule has 23 heavy (non-hydrogen) atoms. The number of rotatable bonds is 3. The molecule has 1 saturated heterocycles. The number of hydrogen-bond donors (Lipinski definition) is 0. The molecule has 7 nitrogen and oxygen atoms in total. The fraction of sp³-hybridized carbons (Fsp3) is 0.500. The number of hydrogen-bond acceptors (Lipinski definition) is 7. The molecule has 2 aromatic heterocycles. The molecule has 0 N–H and O–H groups in total. The van der Waals surface area contributed by atoms with E-state index in [9.17, 15) is 0 Å². The molecule has 1 aliphatic rings. The number of aryl methyl sites for hydroxylation is 2. The highest BCUT2D eigenvalue weighted by Gasteiger charge is 2.21. The number of nitrogens with zero attached hydrogens (tertiary/aromatic N) is 7. The van der Waals surface area contributed by atoms with Gasteiger partial charge in [0.1, 0.15) is 5.82 Å². The Balaban J connectivity index is 1.70. The number of anilines is 3. The lowest BCUT2D eigenvalue weighted by Gasteiger charge is -2.35. The SMILES string of the molecule is Cc1ccc(N2CCN(c3nc(C)cc(N(C)C)n3)CC2)nn1. The third-order valence-corrected chi connectivity index (χ3v) is 3.96. The standard InChI is InChI=1S/C16H23N7/c1-12-5-6-14(20-19-12)22-7-9-23(10-8-22)16-17-13(2)11-15(18-16)21(3)4/h5-6,11H,7-10H2,1-4H3. The highest BCUT2D eigenvalue weighted by Crippen LogP contribution is 2.19. The van der Waals surface area contributed by atoms with Crippen LogP contribution in [0.1, 0.15) is 11.4 Å². The van der Waals surface area contributed by atoms with E-state index in [-0.39, 0.29) is 0 Å². The van der Waals surface area contributed by atoms with Gasteiger partial charge in [-0.3, -0.25) is 0 Å². The molecule has 0 amide bonds. The van der Waals surface area contributed by atoms with E-state index < -0.39 is 0 Å². The average Bonchev–Trinajstić information content (AvgIpc) is 2.55. The lowest BCUT2D eigenvalue weighted by molar-refractivity contribution is 0.630. The first-order valence-corrected chi connectivity index (χ1v) is 7.86. The first-order chi connectivity index (χ1) is 11.0. The van der Waals surface area contributed by atoms with Crippen molar-refractivity contribution in [2.24, 2.45) is 0 Å². The number of aromatic nitrogens is 4. The Kier molecular flexibility index (Phi) is 4.27. The van der Waals surface area contributed by atoms with Crippen molar-refractivity contribution in [1.29, 1.82) is 0 Å². The largest absolute Gasteiger partial charge is 0.363 e. The molecular formula is C16H23N7. The molecule has 0 atom stereocenters. The van der Waals surface area contributed by atoms with Gasteiger partial charge in [-0.05, 0) is 26.0 Å². The second-order valence-electron chi connectivity index (χ2n) is 6.07. The van der Waals surface area contributed by atoms with E-state index in [0.29, 0.717) is 0 Å². The lowest BCUT2D eigenvalue weighted by atomic mass is 10.3. The lowest BCUT2D eigenvalue weighted by Crippen LogP contribution is -2.47. The molecule has 0 aliphatic carbocycles. The molecule has 0 saturated carbocycles. The summed E-state index contributed by atoms with van der Waals surface area (Å²) in [5.74, 6) is 2.69. The van der Waals surface area contributed by atoms with Crippen molar-refractivity contribution >= 4 is 17.6 Å². The molecule has 3 rings (SSSR count). The number of piperazine rings is 1. The molecule has 0 spiro atoms. The second-order valence-corrected chi connectivity index (χ2v) is 6.07. The zero-order chi connectivity index (χ0) is 16.4. The summed E-state index contributed by atoms with van der Waals surface area (Å²) in [4.78, 5) is 15.8. The van der Waals surface area contributed by atoms with Gasteiger partial charge in [-0.15, -0.1) is 5.10 Å². The summed E-state index contributed by atoms with van der Waals surface area (Å²) in [6.45, 7) is 7.51. The van der Waals surface area contributed by atoms with Crippen LogP contribution in [0.4, 0.5) is 17.6 Å². The van der Waals surface area contributed by atoms with Crippen LogP contribution in [0, 0.1) is 13.8 Å². The van der Waals surface area contributed by atoms with Gasteiger partial charge < -0.3 is 14.7 Å². The van der Waals surface area contributed by atoms with Gasteiger partial charge in [0.15, 0.2) is 5.82 Å². The topological polar surface area (TPSA) is 61.3 Å². The van der Waals surface area contributed by atoms with E-state index in [2.05, 4.69) is 30.0 Å². The van der Waals surface area contributed by atoms with Crippen LogP contribution in [0.3, 0.4) is 0 Å². The van der Waals surface area contributed by atoms with Crippen LogP contribution in [0.5, 0.6) is 0 Å². The maximum Gasteiger partial charge on any atom is 0.227 e. The summed E-state index contributed by atoms with van der Waals surface area (Å²) < 4.78 is 0. The van der Waals surface area contributed by atoms with Gasteiger partial charge in [0.05, 0.1) is 5.69 Å². The predicted octanol–water partition coefficient (Wildman–Crippen LogP) is 1.28. The monoisotopic (exact) mass is 313 g/mol. The van der Waals surface area contributed by atoms with Gasteiger partial charge in [-0.25, -0.2) is 4.98 Å². The summed E-state index contributed by atoms with van der Waals surface area (Å²) in [7, 11) is 4.00. The zero-order valence-electron chi connectivity index (χ0n) is 14.2. The Morgan fingerprint density at radius 1 is 0.870 bits per heavy atom. The van der Waals surface area contributed by atoms with Crippen molar-refractivity contribution in [1.82, 2.24) is 20.2 Å². The Morgan fingerprint density at radius 3 is 2.17 bits per heavy atom. The van der Waals surface area contributed by atoms with E-state index in [1.165, 1.54) is 0 Å². The molecule has 7 heteroatoms. The zero-order valence-corrected chi connectivity index (χ0v) is 14.2. The smallest absolute Gasteiger partial charge is 0.227 e. The minimum Gasteiger partial charge on any atom is -0.363 e. The van der Waals surface area contributed by atoms with E-state index in [0.717, 1.165) is 55.2 Å². The Morgan fingerprint density at radius 2 is 1.57 bits per heavy atom. The Labute approximate surface area is 137 Å². The molecule has 0 aromatic carbocycles. The minimum atomic E-state index is 0.809. The van der Waals surface area contributed by atoms with Gasteiger partial charge in [-0.1, -0.05) is 0 Å². The fourth-order valence-electron chi connectivity index (χ4n) is 2.60. The van der Waals surface area contributed by atoms with E-state index in [1.54, 1.807) is 0 Å². The predicted molar refractivity (Wildman–Crippen MR) is 92.3 cm³/mol. The fourth-order valence-corrected chi connectivity index (χ4v) is 2.60. The van der Waals surface area contributed by atoms with Crippen molar-refractivity contribution in [3.63, 3.8) is 0 Å². The first-order valence-electron chi connectivity index (χ1n) is 7.86. The summed E-state index contributed by atoms with van der Waals surface area (Å²) in [5, 5.41) is 8.41. The van der Waals surface area contributed by atoms with Crippen LogP contribution in [-0.4, -0.2) is 60.4 Å². The molecule has 1 aliphatic heterocycles. The van der Waals surface area contributed by atoms with Crippen molar-refractivity contribution in [2.45, 2.75) is 13.8 Å². The van der Waals surface area contributed by atoms with Crippen LogP contribution in [-0.2, 0) is 0 Å². The maximum absolute atomic E-state index is 4.66. The molecule has 2 aromatic rings. The summed E-state index contributed by atoms with van der Waals surface area (Å²) in [6, 6.07) is 6.04. The molecule has 0 unspecified atom stereocenters. The van der Waals surface area contributed by atoms with Gasteiger partial charge in [0, 0.05) is 52.0 Å². The summed E-state index contributed by atoms with van der Waals surface area (Å²) in [5.41, 5.74) is 1.93. The van der Waals surface area contributed by atoms with Gasteiger partial charge in [0.25, 0.3) is 0 Å². The van der Waals surface area contributed by atoms with E-state index in [1.807, 2.05) is 51.0 Å².